The van der Waals surface area contributed by atoms with E-state index in [0.717, 1.165) is 13.2 Å². The lowest BCUT2D eigenvalue weighted by Gasteiger charge is -2.11. The van der Waals surface area contributed by atoms with Crippen LogP contribution in [0.1, 0.15) is 10.4 Å². The molecular weight excluding hydrogens is 294 g/mol. The number of nitrogens with one attached hydrogen (secondary N) is 1. The van der Waals surface area contributed by atoms with Crippen LogP contribution in [0.25, 0.3) is 0 Å². The maximum absolute atomic E-state index is 11.7. The molecule has 0 bridgehead atoms. The van der Waals surface area contributed by atoms with Gasteiger partial charge in [0.1, 0.15) is 5.70 Å². The van der Waals surface area contributed by atoms with Gasteiger partial charge < -0.3 is 24.3 Å². The fraction of sp³-hybridized carbons (Fsp3) is 0.214. The zero-order valence-electron chi connectivity index (χ0n) is 11.9. The number of esters is 2. The predicted octanol–water partition coefficient (Wildman–Crippen LogP) is 0.870. The van der Waals surface area contributed by atoms with Crippen LogP contribution < -0.4 is 14.8 Å². The third kappa shape index (κ3) is 3.17. The zero-order valence-corrected chi connectivity index (χ0v) is 11.9. The molecule has 1 aliphatic heterocycles. The quantitative estimate of drug-likeness (QED) is 0.486. The number of carbonyl (C=O) groups is 3. The molecule has 0 aliphatic carbocycles. The van der Waals surface area contributed by atoms with E-state index in [4.69, 9.17) is 9.47 Å². The Morgan fingerprint density at radius 2 is 1.86 bits per heavy atom. The van der Waals surface area contributed by atoms with Gasteiger partial charge in [0.25, 0.3) is 0 Å². The summed E-state index contributed by atoms with van der Waals surface area (Å²) in [6.07, 6.45) is 1.50. The van der Waals surface area contributed by atoms with E-state index in [1.165, 1.54) is 19.2 Å². The molecule has 0 aromatic heterocycles. The number of carbonyl (C=O) groups excluding carboxylic acids is 3. The van der Waals surface area contributed by atoms with E-state index < -0.39 is 11.9 Å². The molecule has 0 atom stereocenters. The van der Waals surface area contributed by atoms with E-state index in [9.17, 15) is 14.4 Å². The molecule has 1 aromatic rings. The van der Waals surface area contributed by atoms with Gasteiger partial charge in [-0.05, 0) is 6.07 Å². The first-order valence-electron chi connectivity index (χ1n) is 6.13. The van der Waals surface area contributed by atoms with Crippen LogP contribution in [0.3, 0.4) is 0 Å². The molecule has 0 radical (unpaired) electrons. The monoisotopic (exact) mass is 307 g/mol. The molecule has 0 spiro atoms. The normalized spacial score (nSPS) is 12.5. The SMILES string of the molecule is COC(=O)C=C(Nc1cc2c(cc1C=O)OCO2)C(=O)OC. The number of aldehydes is 1. The lowest BCUT2D eigenvalue weighted by molar-refractivity contribution is -0.138. The number of fused-ring (bicyclic) bond motifs is 1. The van der Waals surface area contributed by atoms with Gasteiger partial charge in [-0.25, -0.2) is 9.59 Å². The molecule has 0 fully saturated rings. The third-order valence-electron chi connectivity index (χ3n) is 2.81. The fourth-order valence-electron chi connectivity index (χ4n) is 1.74. The molecule has 1 aliphatic rings. The zero-order chi connectivity index (χ0) is 16.1. The Balaban J connectivity index is 2.37. The van der Waals surface area contributed by atoms with Crippen LogP contribution in [0.2, 0.25) is 0 Å². The van der Waals surface area contributed by atoms with E-state index >= 15 is 0 Å². The average molecular weight is 307 g/mol. The summed E-state index contributed by atoms with van der Waals surface area (Å²) in [5.74, 6) is -0.708. The molecule has 0 saturated heterocycles. The minimum absolute atomic E-state index is 0.0406. The smallest absolute Gasteiger partial charge is 0.354 e. The van der Waals surface area contributed by atoms with Crippen molar-refractivity contribution >= 4 is 23.9 Å². The first-order chi connectivity index (χ1) is 10.6. The highest BCUT2D eigenvalue weighted by molar-refractivity contribution is 6.00. The van der Waals surface area contributed by atoms with E-state index in [1.807, 2.05) is 0 Å². The van der Waals surface area contributed by atoms with Crippen molar-refractivity contribution in [2.45, 2.75) is 0 Å². The first kappa shape index (κ1) is 15.4. The summed E-state index contributed by atoms with van der Waals surface area (Å²) in [6.45, 7) is 0.0406. The number of benzene rings is 1. The molecule has 8 nitrogen and oxygen atoms in total. The summed E-state index contributed by atoms with van der Waals surface area (Å²) in [6, 6.07) is 2.95. The lowest BCUT2D eigenvalue weighted by atomic mass is 10.1. The molecule has 0 saturated carbocycles. The predicted molar refractivity (Wildman–Crippen MR) is 73.7 cm³/mol. The van der Waals surface area contributed by atoms with Gasteiger partial charge in [-0.15, -0.1) is 0 Å². The lowest BCUT2D eigenvalue weighted by Crippen LogP contribution is -2.16. The standard InChI is InChI=1S/C14H13NO7/c1-19-13(17)5-10(14(18)20-2)15-9-4-12-11(21-7-22-12)3-8(9)6-16/h3-6,15H,7H2,1-2H3. The summed E-state index contributed by atoms with van der Waals surface area (Å²) in [4.78, 5) is 34.2. The van der Waals surface area contributed by atoms with Gasteiger partial charge in [0.05, 0.1) is 26.0 Å². The van der Waals surface area contributed by atoms with Gasteiger partial charge in [-0.3, -0.25) is 4.79 Å². The van der Waals surface area contributed by atoms with Crippen molar-refractivity contribution in [3.05, 3.63) is 29.5 Å². The maximum Gasteiger partial charge on any atom is 0.354 e. The van der Waals surface area contributed by atoms with E-state index in [1.54, 1.807) is 0 Å². The molecule has 1 aromatic carbocycles. The second kappa shape index (κ2) is 6.61. The van der Waals surface area contributed by atoms with Crippen LogP contribution in [0.4, 0.5) is 5.69 Å². The average Bonchev–Trinajstić information content (AvgIpc) is 2.99. The van der Waals surface area contributed by atoms with Crippen molar-refractivity contribution in [2.24, 2.45) is 0 Å². The van der Waals surface area contributed by atoms with E-state index in [2.05, 4.69) is 14.8 Å². The highest BCUT2D eigenvalue weighted by Gasteiger charge is 2.20. The molecule has 0 unspecified atom stereocenters. The molecule has 22 heavy (non-hydrogen) atoms. The van der Waals surface area contributed by atoms with Crippen LogP contribution in [0.15, 0.2) is 23.9 Å². The minimum atomic E-state index is -0.792. The van der Waals surface area contributed by atoms with E-state index in [-0.39, 0.29) is 23.7 Å². The van der Waals surface area contributed by atoms with Crippen LogP contribution in [-0.4, -0.2) is 39.2 Å². The van der Waals surface area contributed by atoms with Gasteiger partial charge in [0.15, 0.2) is 17.8 Å². The Kier molecular flexibility index (Phi) is 4.62. The van der Waals surface area contributed by atoms with Crippen LogP contribution in [-0.2, 0) is 19.1 Å². The summed E-state index contributed by atoms with van der Waals surface area (Å²) in [5, 5.41) is 2.66. The number of hydrogen-bond acceptors (Lipinski definition) is 8. The minimum Gasteiger partial charge on any atom is -0.466 e. The number of hydrogen-bond donors (Lipinski definition) is 1. The van der Waals surface area contributed by atoms with Crippen LogP contribution in [0, 0.1) is 0 Å². The van der Waals surface area contributed by atoms with Gasteiger partial charge in [0, 0.05) is 11.6 Å². The Bertz CT molecular complexity index is 651. The van der Waals surface area contributed by atoms with Crippen molar-refractivity contribution in [1.82, 2.24) is 0 Å². The van der Waals surface area contributed by atoms with Crippen LogP contribution >= 0.6 is 0 Å². The fourth-order valence-corrected chi connectivity index (χ4v) is 1.74. The summed E-state index contributed by atoms with van der Waals surface area (Å²) in [7, 11) is 2.33. The maximum atomic E-state index is 11.7. The highest BCUT2D eigenvalue weighted by Crippen LogP contribution is 2.36. The summed E-state index contributed by atoms with van der Waals surface area (Å²) >= 11 is 0. The Labute approximate surface area is 125 Å². The number of ether oxygens (including phenoxy) is 4. The molecular formula is C14H13NO7. The van der Waals surface area contributed by atoms with Crippen molar-refractivity contribution in [2.75, 3.05) is 26.3 Å². The second-order valence-corrected chi connectivity index (χ2v) is 4.11. The Morgan fingerprint density at radius 3 is 2.45 bits per heavy atom. The topological polar surface area (TPSA) is 100 Å². The van der Waals surface area contributed by atoms with Gasteiger partial charge >= 0.3 is 11.9 Å². The van der Waals surface area contributed by atoms with Crippen molar-refractivity contribution < 1.29 is 33.3 Å². The molecule has 2 rings (SSSR count). The van der Waals surface area contributed by atoms with Crippen LogP contribution in [0.5, 0.6) is 11.5 Å². The summed E-state index contributed by atoms with van der Waals surface area (Å²) < 4.78 is 19.4. The third-order valence-corrected chi connectivity index (χ3v) is 2.81. The number of rotatable bonds is 5. The molecule has 1 heterocycles. The van der Waals surface area contributed by atoms with Crippen molar-refractivity contribution in [3.8, 4) is 11.5 Å². The van der Waals surface area contributed by atoms with Crippen molar-refractivity contribution in [1.29, 1.82) is 0 Å². The highest BCUT2D eigenvalue weighted by atomic mass is 16.7. The molecule has 0 amide bonds. The van der Waals surface area contributed by atoms with Gasteiger partial charge in [-0.2, -0.15) is 0 Å². The van der Waals surface area contributed by atoms with Gasteiger partial charge in [0.2, 0.25) is 6.79 Å². The molecule has 116 valence electrons. The second-order valence-electron chi connectivity index (χ2n) is 4.11. The van der Waals surface area contributed by atoms with Crippen molar-refractivity contribution in [3.63, 3.8) is 0 Å². The van der Waals surface area contributed by atoms with E-state index in [0.29, 0.717) is 17.8 Å². The Hall–Kier alpha value is -3.03. The number of methoxy groups -OCH3 is 2. The Morgan fingerprint density at radius 1 is 1.18 bits per heavy atom. The van der Waals surface area contributed by atoms with Gasteiger partial charge in [-0.1, -0.05) is 0 Å². The largest absolute Gasteiger partial charge is 0.466 e. The number of anilines is 1. The molecule has 1 N–H and O–H groups in total. The first-order valence-corrected chi connectivity index (χ1v) is 6.13. The summed E-state index contributed by atoms with van der Waals surface area (Å²) in [5.41, 5.74) is 0.306. The molecule has 8 heteroatoms.